The van der Waals surface area contributed by atoms with Gasteiger partial charge in [-0.05, 0) is 19.3 Å². The fourth-order valence-corrected chi connectivity index (χ4v) is 2.74. The molecule has 28 heavy (non-hydrogen) atoms. The summed E-state index contributed by atoms with van der Waals surface area (Å²) in [6.07, 6.45) is -2.83. The molecule has 0 aliphatic rings. The Labute approximate surface area is 160 Å². The second kappa shape index (κ2) is 10.4. The second-order valence-electron chi connectivity index (χ2n) is 8.30. The lowest BCUT2D eigenvalue weighted by Crippen LogP contribution is -2.60. The molecule has 170 valence electrons. The fourth-order valence-electron chi connectivity index (χ4n) is 2.74. The van der Waals surface area contributed by atoms with Gasteiger partial charge in [-0.15, -0.1) is 0 Å². The van der Waals surface area contributed by atoms with Crippen LogP contribution in [-0.2, 0) is 0 Å². The largest absolute Gasteiger partial charge is 0.460 e. The maximum Gasteiger partial charge on any atom is 0.460 e. The Morgan fingerprint density at radius 1 is 0.500 bits per heavy atom. The van der Waals surface area contributed by atoms with E-state index in [2.05, 4.69) is 21.1 Å². The van der Waals surface area contributed by atoms with E-state index in [1.165, 1.54) is 0 Å². The van der Waals surface area contributed by atoms with E-state index in [0.29, 0.717) is 12.8 Å². The van der Waals surface area contributed by atoms with Gasteiger partial charge in [-0.2, -0.15) is 39.5 Å². The van der Waals surface area contributed by atoms with Crippen LogP contribution in [0.2, 0.25) is 0 Å². The molecule has 0 saturated heterocycles. The lowest BCUT2D eigenvalue weighted by molar-refractivity contribution is -0.870. The SMILES string of the molecule is C[N+](C)(C)CCCCCCCCCCCC(F)(F)C(F)(F)C(F)(F)C(F)(F)F. The Balaban J connectivity index is 4.05. The van der Waals surface area contributed by atoms with Crippen molar-refractivity contribution in [2.45, 2.75) is 88.2 Å². The number of alkyl halides is 9. The van der Waals surface area contributed by atoms with E-state index >= 15 is 0 Å². The van der Waals surface area contributed by atoms with Crippen molar-refractivity contribution in [3.63, 3.8) is 0 Å². The minimum atomic E-state index is -6.78. The molecule has 0 N–H and O–H groups in total. The van der Waals surface area contributed by atoms with Crippen LogP contribution in [0, 0.1) is 0 Å². The first-order valence-corrected chi connectivity index (χ1v) is 9.46. The Bertz CT molecular complexity index is 439. The molecule has 0 heterocycles. The summed E-state index contributed by atoms with van der Waals surface area (Å²) in [6, 6.07) is 0. The first kappa shape index (κ1) is 27.3. The van der Waals surface area contributed by atoms with Crippen LogP contribution in [0.4, 0.5) is 39.5 Å². The maximum absolute atomic E-state index is 13.3. The summed E-state index contributed by atoms with van der Waals surface area (Å²) >= 11 is 0. The summed E-state index contributed by atoms with van der Waals surface area (Å²) in [7, 11) is 6.30. The average Bonchev–Trinajstić information content (AvgIpc) is 2.50. The Kier molecular flexibility index (Phi) is 10.1. The van der Waals surface area contributed by atoms with Crippen LogP contribution >= 0.6 is 0 Å². The second-order valence-corrected chi connectivity index (χ2v) is 8.30. The van der Waals surface area contributed by atoms with E-state index in [-0.39, 0.29) is 6.42 Å². The monoisotopic (exact) mass is 432 g/mol. The molecular weight excluding hydrogens is 401 g/mol. The third-order valence-corrected chi connectivity index (χ3v) is 4.53. The minimum absolute atomic E-state index is 0.0742. The summed E-state index contributed by atoms with van der Waals surface area (Å²) in [5.74, 6) is -18.7. The highest BCUT2D eigenvalue weighted by molar-refractivity contribution is 5.00. The predicted molar refractivity (Wildman–Crippen MR) is 90.0 cm³/mol. The highest BCUT2D eigenvalue weighted by Crippen LogP contribution is 2.54. The summed E-state index contributed by atoms with van der Waals surface area (Å²) in [4.78, 5) is 0. The van der Waals surface area contributed by atoms with Gasteiger partial charge in [-0.3, -0.25) is 0 Å². The number of halogens is 9. The number of rotatable bonds is 14. The molecule has 0 saturated carbocycles. The van der Waals surface area contributed by atoms with E-state index in [1.807, 2.05) is 0 Å². The van der Waals surface area contributed by atoms with Crippen LogP contribution in [0.25, 0.3) is 0 Å². The average molecular weight is 432 g/mol. The number of quaternary nitrogens is 1. The van der Waals surface area contributed by atoms with Crippen molar-refractivity contribution in [3.8, 4) is 0 Å². The lowest BCUT2D eigenvalue weighted by Gasteiger charge is -2.33. The van der Waals surface area contributed by atoms with Gasteiger partial charge >= 0.3 is 23.9 Å². The van der Waals surface area contributed by atoms with Crippen LogP contribution in [0.5, 0.6) is 0 Å². The van der Waals surface area contributed by atoms with Crippen molar-refractivity contribution in [1.82, 2.24) is 0 Å². The smallest absolute Gasteiger partial charge is 0.331 e. The molecule has 10 heteroatoms. The van der Waals surface area contributed by atoms with E-state index in [4.69, 9.17) is 0 Å². The lowest BCUT2D eigenvalue weighted by atomic mass is 9.97. The fraction of sp³-hybridized carbons (Fsp3) is 1.00. The quantitative estimate of drug-likeness (QED) is 0.157. The molecule has 0 amide bonds. The van der Waals surface area contributed by atoms with Gasteiger partial charge in [0.15, 0.2) is 0 Å². The molecule has 0 aromatic rings. The molecule has 0 unspecified atom stereocenters. The number of hydrogen-bond acceptors (Lipinski definition) is 0. The van der Waals surface area contributed by atoms with Gasteiger partial charge < -0.3 is 4.48 Å². The van der Waals surface area contributed by atoms with E-state index in [0.717, 1.165) is 43.1 Å². The van der Waals surface area contributed by atoms with Gasteiger partial charge in [0.1, 0.15) is 0 Å². The van der Waals surface area contributed by atoms with Crippen LogP contribution in [0.3, 0.4) is 0 Å². The van der Waals surface area contributed by atoms with E-state index in [1.54, 1.807) is 0 Å². The zero-order valence-corrected chi connectivity index (χ0v) is 16.6. The van der Waals surface area contributed by atoms with E-state index < -0.39 is 36.8 Å². The van der Waals surface area contributed by atoms with Crippen molar-refractivity contribution in [3.05, 3.63) is 0 Å². The molecule has 1 nitrogen and oxygen atoms in total. The number of hydrogen-bond donors (Lipinski definition) is 0. The van der Waals surface area contributed by atoms with Gasteiger partial charge in [0.05, 0.1) is 27.7 Å². The summed E-state index contributed by atoms with van der Waals surface area (Å²) in [5, 5.41) is 0. The maximum atomic E-state index is 13.3. The molecule has 0 rings (SSSR count). The number of nitrogens with zero attached hydrogens (tertiary/aromatic N) is 1. The summed E-state index contributed by atoms with van der Waals surface area (Å²) < 4.78 is 115. The Morgan fingerprint density at radius 2 is 0.857 bits per heavy atom. The molecule has 0 radical (unpaired) electrons. The van der Waals surface area contributed by atoms with Gasteiger partial charge in [0, 0.05) is 6.42 Å². The molecule has 0 fully saturated rings. The minimum Gasteiger partial charge on any atom is -0.331 e. The third kappa shape index (κ3) is 8.37. The highest BCUT2D eigenvalue weighted by atomic mass is 19.4. The number of unbranched alkanes of at least 4 members (excludes halogenated alkanes) is 8. The zero-order valence-electron chi connectivity index (χ0n) is 16.6. The molecule has 0 aliphatic heterocycles. The standard InChI is InChI=1S/C18H31F9N/c1-28(2,3)14-12-10-8-6-4-5-7-9-11-13-15(19,20)16(21,22)17(23,24)18(25,26)27/h4-14H2,1-3H3/q+1. The van der Waals surface area contributed by atoms with Gasteiger partial charge in [-0.1, -0.05) is 38.5 Å². The predicted octanol–water partition coefficient (Wildman–Crippen LogP) is 7.06. The summed E-state index contributed by atoms with van der Waals surface area (Å²) in [6.45, 7) is 1.06. The molecule has 0 aromatic heterocycles. The molecular formula is C18H31F9N+. The summed E-state index contributed by atoms with van der Waals surface area (Å²) in [5.41, 5.74) is 0. The first-order chi connectivity index (χ1) is 12.5. The van der Waals surface area contributed by atoms with Gasteiger partial charge in [0.25, 0.3) is 0 Å². The normalized spacial score (nSPS) is 14.6. The van der Waals surface area contributed by atoms with Gasteiger partial charge in [-0.25, -0.2) is 0 Å². The van der Waals surface area contributed by atoms with E-state index in [9.17, 15) is 39.5 Å². The van der Waals surface area contributed by atoms with Crippen LogP contribution in [0.1, 0.15) is 64.2 Å². The molecule has 0 atom stereocenters. The van der Waals surface area contributed by atoms with Crippen molar-refractivity contribution in [1.29, 1.82) is 0 Å². The van der Waals surface area contributed by atoms with Crippen molar-refractivity contribution in [2.75, 3.05) is 27.7 Å². The van der Waals surface area contributed by atoms with Crippen molar-refractivity contribution in [2.24, 2.45) is 0 Å². The molecule has 0 spiro atoms. The topological polar surface area (TPSA) is 0 Å². The van der Waals surface area contributed by atoms with Crippen molar-refractivity contribution >= 4 is 0 Å². The van der Waals surface area contributed by atoms with Crippen LogP contribution < -0.4 is 0 Å². The molecule has 0 bridgehead atoms. The highest BCUT2D eigenvalue weighted by Gasteiger charge is 2.81. The molecule has 0 aliphatic carbocycles. The third-order valence-electron chi connectivity index (χ3n) is 4.53. The van der Waals surface area contributed by atoms with Crippen LogP contribution in [-0.4, -0.2) is 56.1 Å². The Hall–Kier alpha value is -0.670. The van der Waals surface area contributed by atoms with Gasteiger partial charge in [0.2, 0.25) is 0 Å². The zero-order chi connectivity index (χ0) is 22.3. The van der Waals surface area contributed by atoms with Crippen molar-refractivity contribution < 1.29 is 44.0 Å². The molecule has 0 aromatic carbocycles. The van der Waals surface area contributed by atoms with Crippen LogP contribution in [0.15, 0.2) is 0 Å². The first-order valence-electron chi connectivity index (χ1n) is 9.46. The Morgan fingerprint density at radius 3 is 1.21 bits per heavy atom.